The average molecular weight is 527 g/mol. The van der Waals surface area contributed by atoms with Crippen LogP contribution in [0.3, 0.4) is 0 Å². The first-order valence-corrected chi connectivity index (χ1v) is 13.2. The molecule has 0 saturated carbocycles. The second-order valence-corrected chi connectivity index (χ2v) is 10.1. The summed E-state index contributed by atoms with van der Waals surface area (Å²) in [5.41, 5.74) is 6.93. The summed E-state index contributed by atoms with van der Waals surface area (Å²) in [6.45, 7) is 2.18. The Kier molecular flexibility index (Phi) is 5.81. The van der Waals surface area contributed by atoms with E-state index >= 15 is 0 Å². The van der Waals surface area contributed by atoms with Crippen LogP contribution < -0.4 is 0 Å². The van der Waals surface area contributed by atoms with Crippen LogP contribution >= 0.6 is 0 Å². The van der Waals surface area contributed by atoms with Crippen molar-refractivity contribution in [2.45, 2.75) is 12.8 Å². The normalized spacial score (nSPS) is 16.9. The molecule has 194 valence electrons. The fourth-order valence-corrected chi connectivity index (χ4v) is 5.65. The summed E-state index contributed by atoms with van der Waals surface area (Å²) in [7, 11) is 0. The van der Waals surface area contributed by atoms with Gasteiger partial charge in [0.05, 0.1) is 33.8 Å². The lowest BCUT2D eigenvalue weighted by Gasteiger charge is -2.25. The van der Waals surface area contributed by atoms with Gasteiger partial charge >= 0.3 is 0 Å². The Bertz CT molecular complexity index is 1830. The molecule has 6 aromatic rings. The maximum absolute atomic E-state index is 14.2. The molecule has 0 saturated heterocycles. The van der Waals surface area contributed by atoms with Gasteiger partial charge in [0, 0.05) is 34.8 Å². The highest BCUT2D eigenvalue weighted by Crippen LogP contribution is 2.39. The summed E-state index contributed by atoms with van der Waals surface area (Å²) < 4.78 is 30.4. The lowest BCUT2D eigenvalue weighted by molar-refractivity contribution is 0.628. The number of halogens is 2. The fourth-order valence-electron chi connectivity index (χ4n) is 5.65. The van der Waals surface area contributed by atoms with Crippen LogP contribution in [0.5, 0.6) is 0 Å². The van der Waals surface area contributed by atoms with Gasteiger partial charge in [-0.3, -0.25) is 9.97 Å². The molecule has 2 atom stereocenters. The zero-order valence-corrected chi connectivity index (χ0v) is 21.7. The van der Waals surface area contributed by atoms with Crippen LogP contribution in [0.25, 0.3) is 50.3 Å². The third kappa shape index (κ3) is 4.18. The Morgan fingerprint density at radius 3 is 1.75 bits per heavy atom. The van der Waals surface area contributed by atoms with E-state index in [-0.39, 0.29) is 23.5 Å². The highest BCUT2D eigenvalue weighted by molar-refractivity contribution is 6.10. The molecule has 0 spiro atoms. The van der Waals surface area contributed by atoms with E-state index in [2.05, 4.69) is 51.8 Å². The largest absolute Gasteiger partial charge is 0.310 e. The van der Waals surface area contributed by atoms with E-state index in [0.29, 0.717) is 10.8 Å². The number of benzene rings is 2. The van der Waals surface area contributed by atoms with Gasteiger partial charge in [0.2, 0.25) is 0 Å². The second-order valence-electron chi connectivity index (χ2n) is 10.1. The van der Waals surface area contributed by atoms with Gasteiger partial charge in [-0.2, -0.15) is 0 Å². The number of allylic oxidation sites excluding steroid dienone is 4. The van der Waals surface area contributed by atoms with Crippen molar-refractivity contribution >= 4 is 27.5 Å². The molecular weight excluding hydrogens is 502 g/mol. The Hall–Kier alpha value is -4.97. The topological polar surface area (TPSA) is 43.6 Å². The minimum atomic E-state index is -0.345. The molecular formula is C34H24F2N4. The predicted molar refractivity (Wildman–Crippen MR) is 155 cm³/mol. The Morgan fingerprint density at radius 1 is 0.675 bits per heavy atom. The van der Waals surface area contributed by atoms with Gasteiger partial charge in [0.1, 0.15) is 11.6 Å². The van der Waals surface area contributed by atoms with Crippen molar-refractivity contribution in [3.8, 4) is 22.8 Å². The van der Waals surface area contributed by atoms with E-state index < -0.39 is 0 Å². The molecule has 0 amide bonds. The van der Waals surface area contributed by atoms with Crippen molar-refractivity contribution in [2.75, 3.05) is 0 Å². The van der Waals surface area contributed by atoms with Crippen LogP contribution in [-0.4, -0.2) is 19.5 Å². The molecule has 2 unspecified atom stereocenters. The van der Waals surface area contributed by atoms with Gasteiger partial charge in [-0.15, -0.1) is 0 Å². The number of pyridine rings is 3. The Balaban J connectivity index is 1.33. The van der Waals surface area contributed by atoms with Gasteiger partial charge in [0.15, 0.2) is 0 Å². The first kappa shape index (κ1) is 24.1. The fraction of sp³-hybridized carbons (Fsp3) is 0.0882. The molecule has 0 N–H and O–H groups in total. The molecule has 40 heavy (non-hydrogen) atoms. The first-order chi connectivity index (χ1) is 19.5. The van der Waals surface area contributed by atoms with Gasteiger partial charge in [-0.25, -0.2) is 13.8 Å². The molecule has 4 heterocycles. The van der Waals surface area contributed by atoms with E-state index in [4.69, 9.17) is 4.98 Å². The maximum atomic E-state index is 14.2. The van der Waals surface area contributed by atoms with Crippen LogP contribution in [0.2, 0.25) is 0 Å². The molecule has 1 aliphatic carbocycles. The number of rotatable bonds is 4. The van der Waals surface area contributed by atoms with Crippen molar-refractivity contribution in [1.29, 1.82) is 0 Å². The van der Waals surface area contributed by atoms with Gasteiger partial charge < -0.3 is 4.57 Å². The third-order valence-electron chi connectivity index (χ3n) is 7.51. The van der Waals surface area contributed by atoms with Crippen LogP contribution in [0.4, 0.5) is 8.78 Å². The SMILES string of the molecule is CC1C=C(n2c3ccc(F)cc3c3cc(F)ccc32)C=CC1c1cc(-c2ccccn2)nc(-c2ccccn2)c1. The molecule has 2 aromatic carbocycles. The summed E-state index contributed by atoms with van der Waals surface area (Å²) in [4.78, 5) is 14.0. The van der Waals surface area contributed by atoms with Crippen LogP contribution in [-0.2, 0) is 0 Å². The highest BCUT2D eigenvalue weighted by atomic mass is 19.1. The standard InChI is InChI=1S/C34H24F2N4/c1-21-16-25(40-33-12-8-23(35)19-27(33)28-20-24(36)9-13-34(28)40)10-11-26(21)22-17-31(29-6-2-4-14-37-29)39-32(18-22)30-7-3-5-15-38-30/h2-21,26H,1H3. The van der Waals surface area contributed by atoms with Crippen molar-refractivity contribution < 1.29 is 8.78 Å². The van der Waals surface area contributed by atoms with E-state index in [9.17, 15) is 8.78 Å². The van der Waals surface area contributed by atoms with E-state index in [0.717, 1.165) is 45.1 Å². The smallest absolute Gasteiger partial charge is 0.123 e. The van der Waals surface area contributed by atoms with E-state index in [1.807, 2.05) is 36.4 Å². The van der Waals surface area contributed by atoms with Crippen molar-refractivity contribution in [3.63, 3.8) is 0 Å². The van der Waals surface area contributed by atoms with Crippen LogP contribution in [0.15, 0.2) is 116 Å². The average Bonchev–Trinajstić information content (AvgIpc) is 3.30. The van der Waals surface area contributed by atoms with Crippen LogP contribution in [0.1, 0.15) is 18.4 Å². The first-order valence-electron chi connectivity index (χ1n) is 13.2. The number of aromatic nitrogens is 4. The van der Waals surface area contributed by atoms with Crippen molar-refractivity contribution in [2.24, 2.45) is 5.92 Å². The van der Waals surface area contributed by atoms with Crippen molar-refractivity contribution in [1.82, 2.24) is 19.5 Å². The number of hydrogen-bond donors (Lipinski definition) is 0. The Labute approximate surface area is 230 Å². The third-order valence-corrected chi connectivity index (χ3v) is 7.51. The van der Waals surface area contributed by atoms with Gasteiger partial charge in [-0.05, 0) is 90.4 Å². The lowest BCUT2D eigenvalue weighted by Crippen LogP contribution is -2.12. The Morgan fingerprint density at radius 2 is 1.25 bits per heavy atom. The quantitative estimate of drug-likeness (QED) is 0.232. The minimum Gasteiger partial charge on any atom is -0.310 e. The molecule has 0 radical (unpaired) electrons. The summed E-state index contributed by atoms with van der Waals surface area (Å²) in [6, 6.07) is 25.2. The molecule has 6 heteroatoms. The van der Waals surface area contributed by atoms with Gasteiger partial charge in [-0.1, -0.05) is 31.2 Å². The zero-order chi connectivity index (χ0) is 27.2. The number of nitrogens with zero attached hydrogens (tertiary/aromatic N) is 4. The molecule has 7 rings (SSSR count). The zero-order valence-electron chi connectivity index (χ0n) is 21.7. The molecule has 0 fully saturated rings. The van der Waals surface area contributed by atoms with Crippen LogP contribution in [0, 0.1) is 17.6 Å². The molecule has 4 nitrogen and oxygen atoms in total. The predicted octanol–water partition coefficient (Wildman–Crippen LogP) is 8.42. The number of fused-ring (bicyclic) bond motifs is 3. The molecule has 0 bridgehead atoms. The monoisotopic (exact) mass is 526 g/mol. The maximum Gasteiger partial charge on any atom is 0.123 e. The second kappa shape index (κ2) is 9.65. The molecule has 4 aromatic heterocycles. The molecule has 0 aliphatic heterocycles. The summed E-state index contributed by atoms with van der Waals surface area (Å²) in [6.07, 6.45) is 10.1. The number of hydrogen-bond acceptors (Lipinski definition) is 3. The van der Waals surface area contributed by atoms with E-state index in [1.165, 1.54) is 24.3 Å². The lowest BCUT2D eigenvalue weighted by atomic mass is 9.83. The molecule has 1 aliphatic rings. The highest BCUT2D eigenvalue weighted by Gasteiger charge is 2.23. The van der Waals surface area contributed by atoms with Crippen molar-refractivity contribution in [3.05, 3.63) is 133 Å². The van der Waals surface area contributed by atoms with Gasteiger partial charge in [0.25, 0.3) is 0 Å². The minimum absolute atomic E-state index is 0.0830. The summed E-state index contributed by atoms with van der Waals surface area (Å²) >= 11 is 0. The summed E-state index contributed by atoms with van der Waals surface area (Å²) in [5, 5.41) is 1.38. The summed E-state index contributed by atoms with van der Waals surface area (Å²) in [5.74, 6) is -0.478. The van der Waals surface area contributed by atoms with E-state index in [1.54, 1.807) is 24.5 Å².